The van der Waals surface area contributed by atoms with E-state index in [0.717, 1.165) is 12.1 Å². The van der Waals surface area contributed by atoms with Gasteiger partial charge in [-0.25, -0.2) is 4.99 Å². The normalized spacial score (nSPS) is 16.1. The highest BCUT2D eigenvalue weighted by atomic mass is 16.6. The van der Waals surface area contributed by atoms with Crippen molar-refractivity contribution in [2.45, 2.75) is 0 Å². The molecule has 0 fully saturated rings. The van der Waals surface area contributed by atoms with E-state index in [2.05, 4.69) is 10.3 Å². The fourth-order valence-corrected chi connectivity index (χ4v) is 1.47. The summed E-state index contributed by atoms with van der Waals surface area (Å²) < 4.78 is 0. The standard InChI is InChI=1S/C11H8N4O4/c12-11-13-8(10(17)14-11)5-9(16)6-2-1-3-7(4-6)15(18)19/h1-5H,(H3,12,13,14,17). The number of guanidine groups is 1. The van der Waals surface area contributed by atoms with Crippen LogP contribution in [0.5, 0.6) is 0 Å². The maximum atomic E-state index is 11.8. The van der Waals surface area contributed by atoms with Crippen molar-refractivity contribution in [2.75, 3.05) is 0 Å². The summed E-state index contributed by atoms with van der Waals surface area (Å²) in [7, 11) is 0. The Morgan fingerprint density at radius 3 is 2.79 bits per heavy atom. The minimum Gasteiger partial charge on any atom is -0.369 e. The lowest BCUT2D eigenvalue weighted by atomic mass is 10.1. The van der Waals surface area contributed by atoms with E-state index in [4.69, 9.17) is 5.73 Å². The van der Waals surface area contributed by atoms with Crippen LogP contribution in [0.1, 0.15) is 10.4 Å². The number of carbonyl (C=O) groups is 2. The fraction of sp³-hybridized carbons (Fsp3) is 0. The van der Waals surface area contributed by atoms with Crippen molar-refractivity contribution in [3.8, 4) is 0 Å². The van der Waals surface area contributed by atoms with Crippen molar-refractivity contribution < 1.29 is 14.5 Å². The summed E-state index contributed by atoms with van der Waals surface area (Å²) in [5.74, 6) is -1.24. The van der Waals surface area contributed by atoms with Gasteiger partial charge in [0.25, 0.3) is 11.6 Å². The van der Waals surface area contributed by atoms with Crippen molar-refractivity contribution >= 4 is 23.3 Å². The van der Waals surface area contributed by atoms with Crippen LogP contribution in [0, 0.1) is 10.1 Å². The molecule has 3 N–H and O–H groups in total. The third-order valence-electron chi connectivity index (χ3n) is 2.32. The first-order valence-electron chi connectivity index (χ1n) is 5.13. The third-order valence-corrected chi connectivity index (χ3v) is 2.32. The average Bonchev–Trinajstić information content (AvgIpc) is 2.68. The highest BCUT2D eigenvalue weighted by molar-refractivity contribution is 6.16. The first-order valence-corrected chi connectivity index (χ1v) is 5.13. The van der Waals surface area contributed by atoms with E-state index in [-0.39, 0.29) is 22.9 Å². The maximum absolute atomic E-state index is 11.8. The number of non-ortho nitro benzene ring substituents is 1. The Balaban J connectivity index is 2.30. The summed E-state index contributed by atoms with van der Waals surface area (Å²) in [6, 6.07) is 5.18. The van der Waals surface area contributed by atoms with Crippen LogP contribution in [-0.4, -0.2) is 22.6 Å². The van der Waals surface area contributed by atoms with Crippen molar-refractivity contribution in [3.63, 3.8) is 0 Å². The minimum atomic E-state index is -0.609. The lowest BCUT2D eigenvalue weighted by Crippen LogP contribution is -2.30. The summed E-state index contributed by atoms with van der Waals surface area (Å²) in [5, 5.41) is 12.8. The van der Waals surface area contributed by atoms with Crippen LogP contribution in [0.4, 0.5) is 5.69 Å². The van der Waals surface area contributed by atoms with Gasteiger partial charge in [0.15, 0.2) is 5.78 Å². The Labute approximate surface area is 106 Å². The molecule has 0 aliphatic carbocycles. The number of nitro benzene ring substituents is 1. The van der Waals surface area contributed by atoms with Crippen LogP contribution >= 0.6 is 0 Å². The summed E-state index contributed by atoms with van der Waals surface area (Å²) >= 11 is 0. The maximum Gasteiger partial charge on any atom is 0.276 e. The number of allylic oxidation sites excluding steroid dienone is 1. The molecule has 1 aromatic carbocycles. The van der Waals surface area contributed by atoms with Gasteiger partial charge in [-0.15, -0.1) is 0 Å². The number of benzene rings is 1. The molecular weight excluding hydrogens is 252 g/mol. The summed E-state index contributed by atoms with van der Waals surface area (Å²) in [4.78, 5) is 36.7. The molecule has 0 spiro atoms. The van der Waals surface area contributed by atoms with Gasteiger partial charge < -0.3 is 5.73 Å². The van der Waals surface area contributed by atoms with E-state index in [9.17, 15) is 19.7 Å². The number of nitrogens with one attached hydrogen (secondary N) is 1. The van der Waals surface area contributed by atoms with E-state index in [1.165, 1.54) is 18.2 Å². The molecule has 8 heteroatoms. The van der Waals surface area contributed by atoms with Gasteiger partial charge in [-0.1, -0.05) is 12.1 Å². The zero-order valence-corrected chi connectivity index (χ0v) is 9.49. The molecule has 0 saturated heterocycles. The molecule has 1 aromatic rings. The number of amides is 1. The van der Waals surface area contributed by atoms with Crippen molar-refractivity contribution in [2.24, 2.45) is 10.7 Å². The first-order chi connectivity index (χ1) is 8.97. The van der Waals surface area contributed by atoms with Crippen LogP contribution in [-0.2, 0) is 4.79 Å². The van der Waals surface area contributed by atoms with Gasteiger partial charge in [0.1, 0.15) is 5.70 Å². The number of hydrogen-bond acceptors (Lipinski definition) is 6. The molecule has 0 aromatic heterocycles. The predicted octanol–water partition coefficient (Wildman–Crippen LogP) is 0.106. The van der Waals surface area contributed by atoms with Crippen molar-refractivity contribution in [1.82, 2.24) is 5.32 Å². The molecule has 1 aliphatic rings. The number of carbonyl (C=O) groups excluding carboxylic acids is 2. The SMILES string of the molecule is NC1=NC(=CC(=O)c2cccc([N+](=O)[O-])c2)C(=O)N1. The van der Waals surface area contributed by atoms with E-state index >= 15 is 0 Å². The van der Waals surface area contributed by atoms with E-state index in [1.54, 1.807) is 0 Å². The predicted molar refractivity (Wildman–Crippen MR) is 65.3 cm³/mol. The van der Waals surface area contributed by atoms with E-state index in [1.807, 2.05) is 0 Å². The van der Waals surface area contributed by atoms with Crippen LogP contribution in [0.25, 0.3) is 0 Å². The first kappa shape index (κ1) is 12.4. The van der Waals surface area contributed by atoms with Gasteiger partial charge in [-0.2, -0.15) is 0 Å². The second-order valence-corrected chi connectivity index (χ2v) is 3.65. The molecule has 2 rings (SSSR count). The molecule has 1 aliphatic heterocycles. The van der Waals surface area contributed by atoms with Gasteiger partial charge >= 0.3 is 0 Å². The Morgan fingerprint density at radius 1 is 1.47 bits per heavy atom. The molecule has 0 atom stereocenters. The largest absolute Gasteiger partial charge is 0.369 e. The minimum absolute atomic E-state index is 0.0928. The van der Waals surface area contributed by atoms with Gasteiger partial charge in [-0.3, -0.25) is 25.0 Å². The Morgan fingerprint density at radius 2 is 2.21 bits per heavy atom. The average molecular weight is 260 g/mol. The molecule has 0 saturated carbocycles. The molecule has 96 valence electrons. The van der Waals surface area contributed by atoms with Crippen molar-refractivity contribution in [3.05, 3.63) is 51.7 Å². The number of aliphatic imine (C=N–C) groups is 1. The molecule has 0 bridgehead atoms. The quantitative estimate of drug-likeness (QED) is 0.345. The summed E-state index contributed by atoms with van der Waals surface area (Å²) in [6.07, 6.45) is 0.980. The Kier molecular flexibility index (Phi) is 3.06. The summed E-state index contributed by atoms with van der Waals surface area (Å²) in [5.41, 5.74) is 5.03. The van der Waals surface area contributed by atoms with Crippen LogP contribution in [0.15, 0.2) is 41.0 Å². The highest BCUT2D eigenvalue weighted by Gasteiger charge is 2.19. The van der Waals surface area contributed by atoms with Gasteiger partial charge in [0.2, 0.25) is 5.96 Å². The lowest BCUT2D eigenvalue weighted by Gasteiger charge is -1.96. The lowest BCUT2D eigenvalue weighted by molar-refractivity contribution is -0.384. The van der Waals surface area contributed by atoms with Gasteiger partial charge in [-0.05, 0) is 0 Å². The molecule has 0 unspecified atom stereocenters. The second kappa shape index (κ2) is 4.69. The van der Waals surface area contributed by atoms with Gasteiger partial charge in [0.05, 0.1) is 4.92 Å². The Hall–Kier alpha value is -3.03. The smallest absolute Gasteiger partial charge is 0.276 e. The number of ketones is 1. The zero-order valence-electron chi connectivity index (χ0n) is 9.49. The molecule has 8 nitrogen and oxygen atoms in total. The fourth-order valence-electron chi connectivity index (χ4n) is 1.47. The molecule has 1 heterocycles. The number of nitro groups is 1. The highest BCUT2D eigenvalue weighted by Crippen LogP contribution is 2.15. The van der Waals surface area contributed by atoms with Crippen LogP contribution in [0.3, 0.4) is 0 Å². The van der Waals surface area contributed by atoms with E-state index in [0.29, 0.717) is 0 Å². The number of hydrogen-bond donors (Lipinski definition) is 2. The molecule has 1 amide bonds. The number of nitrogens with zero attached hydrogens (tertiary/aromatic N) is 2. The second-order valence-electron chi connectivity index (χ2n) is 3.65. The van der Waals surface area contributed by atoms with Crippen molar-refractivity contribution in [1.29, 1.82) is 0 Å². The van der Waals surface area contributed by atoms with E-state index < -0.39 is 16.6 Å². The van der Waals surface area contributed by atoms with Crippen LogP contribution < -0.4 is 11.1 Å². The third kappa shape index (κ3) is 2.63. The molecular formula is C11H8N4O4. The van der Waals surface area contributed by atoms with Crippen LogP contribution in [0.2, 0.25) is 0 Å². The number of rotatable bonds is 3. The Bertz CT molecular complexity index is 648. The zero-order chi connectivity index (χ0) is 14.0. The molecule has 0 radical (unpaired) electrons. The monoisotopic (exact) mass is 260 g/mol. The van der Waals surface area contributed by atoms with Gasteiger partial charge in [0, 0.05) is 23.8 Å². The molecule has 19 heavy (non-hydrogen) atoms. The topological polar surface area (TPSA) is 128 Å². The summed E-state index contributed by atoms with van der Waals surface area (Å²) in [6.45, 7) is 0. The number of nitrogens with two attached hydrogens (primary N) is 1.